The van der Waals surface area contributed by atoms with Crippen molar-refractivity contribution in [2.75, 3.05) is 0 Å². The third-order valence-corrected chi connectivity index (χ3v) is 1.25. The molecule has 0 saturated carbocycles. The van der Waals surface area contributed by atoms with Crippen molar-refractivity contribution < 1.29 is 4.52 Å². The number of aromatic nitrogens is 1. The highest BCUT2D eigenvalue weighted by atomic mass is 32.1. The van der Waals surface area contributed by atoms with E-state index in [2.05, 4.69) is 21.3 Å². The molecule has 0 N–H and O–H groups in total. The molecule has 2 aromatic heterocycles. The maximum Gasteiger partial charge on any atom is 0.135 e. The molecule has 10 heavy (non-hydrogen) atoms. The lowest BCUT2D eigenvalue weighted by Crippen LogP contribution is -1.40. The molecular formula is C7H5NOS. The summed E-state index contributed by atoms with van der Waals surface area (Å²) in [5.41, 5.74) is 0. The highest BCUT2D eigenvalue weighted by molar-refractivity contribution is 7.07. The van der Waals surface area contributed by atoms with Gasteiger partial charge >= 0.3 is 0 Å². The second-order valence-electron chi connectivity index (χ2n) is 1.36. The number of hydrogen-bond acceptors (Lipinski definition) is 3. The van der Waals surface area contributed by atoms with Crippen LogP contribution < -0.4 is 0 Å². The van der Waals surface area contributed by atoms with E-state index in [1.807, 2.05) is 17.5 Å². The molecule has 0 fully saturated rings. The van der Waals surface area contributed by atoms with E-state index in [0.29, 0.717) is 0 Å². The average molecular weight is 151 g/mol. The number of thiophene rings is 1. The van der Waals surface area contributed by atoms with E-state index < -0.39 is 0 Å². The monoisotopic (exact) mass is 151 g/mol. The van der Waals surface area contributed by atoms with Crippen molar-refractivity contribution in [2.24, 2.45) is 0 Å². The van der Waals surface area contributed by atoms with Gasteiger partial charge in [0.05, 0.1) is 0 Å². The van der Waals surface area contributed by atoms with Gasteiger partial charge in [0, 0.05) is 11.4 Å². The lowest BCUT2D eigenvalue weighted by atomic mass is 10.7. The van der Waals surface area contributed by atoms with Gasteiger partial charge in [-0.3, -0.25) is 0 Å². The van der Waals surface area contributed by atoms with Gasteiger partial charge in [-0.25, -0.2) is 0 Å². The van der Waals surface area contributed by atoms with Crippen molar-refractivity contribution in [2.45, 2.75) is 0 Å². The van der Waals surface area contributed by atoms with Gasteiger partial charge in [0.2, 0.25) is 0 Å². The molecule has 0 amide bonds. The van der Waals surface area contributed by atoms with Crippen molar-refractivity contribution in [3.63, 3.8) is 0 Å². The summed E-state index contributed by atoms with van der Waals surface area (Å²) in [5, 5.41) is 8.11. The van der Waals surface area contributed by atoms with E-state index in [-0.39, 0.29) is 0 Å². The lowest BCUT2D eigenvalue weighted by molar-refractivity contribution is 0.418. The second-order valence-corrected chi connectivity index (χ2v) is 2.10. The van der Waals surface area contributed by atoms with Crippen LogP contribution in [-0.2, 0) is 0 Å². The molecule has 2 rings (SSSR count). The third-order valence-electron chi connectivity index (χ3n) is 0.688. The molecule has 0 aliphatic carbocycles. The predicted octanol–water partition coefficient (Wildman–Crippen LogP) is 2.02. The van der Waals surface area contributed by atoms with Gasteiger partial charge in [0.15, 0.2) is 0 Å². The first kappa shape index (κ1) is 7.02. The highest BCUT2D eigenvalue weighted by Gasteiger charge is 1.62. The Kier molecular flexibility index (Phi) is 3.34. The number of rotatable bonds is 0. The van der Waals surface area contributed by atoms with Crippen LogP contribution in [0.2, 0.25) is 0 Å². The molecule has 2 heterocycles. The number of nitrogens with zero attached hydrogens (tertiary/aromatic N) is 1. The molecule has 50 valence electrons. The fourth-order valence-electron chi connectivity index (χ4n) is 0.349. The molecular weight excluding hydrogens is 146 g/mol. The van der Waals surface area contributed by atoms with Crippen LogP contribution in [0.15, 0.2) is 34.4 Å². The van der Waals surface area contributed by atoms with Crippen LogP contribution in [0.25, 0.3) is 0 Å². The summed E-state index contributed by atoms with van der Waals surface area (Å²) in [5.74, 6) is 0. The first-order chi connectivity index (χ1) is 5.00. The van der Waals surface area contributed by atoms with Gasteiger partial charge in [0.25, 0.3) is 0 Å². The maximum absolute atomic E-state index is 4.28. The Balaban J connectivity index is 0.0000001000. The molecule has 0 unspecified atom stereocenters. The Morgan fingerprint density at radius 2 is 2.40 bits per heavy atom. The fourth-order valence-corrected chi connectivity index (χ4v) is 0.741. The van der Waals surface area contributed by atoms with E-state index in [0.717, 1.165) is 0 Å². The fraction of sp³-hybridized carbons (Fsp3) is 0. The van der Waals surface area contributed by atoms with E-state index >= 15 is 0 Å². The highest BCUT2D eigenvalue weighted by Crippen LogP contribution is 1.90. The first-order valence-electron chi connectivity index (χ1n) is 2.66. The zero-order valence-electron chi connectivity index (χ0n) is 5.15. The summed E-state index contributed by atoms with van der Waals surface area (Å²) < 4.78 is 4.28. The van der Waals surface area contributed by atoms with Crippen LogP contribution >= 0.6 is 11.3 Å². The topological polar surface area (TPSA) is 26.0 Å². The van der Waals surface area contributed by atoms with Gasteiger partial charge in [-0.1, -0.05) is 11.2 Å². The van der Waals surface area contributed by atoms with Gasteiger partial charge in [0.1, 0.15) is 12.5 Å². The van der Waals surface area contributed by atoms with E-state index in [4.69, 9.17) is 0 Å². The molecule has 2 radical (unpaired) electrons. The molecule has 0 atom stereocenters. The van der Waals surface area contributed by atoms with Gasteiger partial charge in [-0.15, -0.1) is 11.3 Å². The summed E-state index contributed by atoms with van der Waals surface area (Å²) in [6, 6.07) is 5.45. The summed E-state index contributed by atoms with van der Waals surface area (Å²) in [7, 11) is 0. The van der Waals surface area contributed by atoms with Crippen LogP contribution in [0, 0.1) is 11.6 Å². The van der Waals surface area contributed by atoms with Crippen LogP contribution in [0.4, 0.5) is 0 Å². The SMILES string of the molecule is [c]1cccs1.[c]1ccon1. The lowest BCUT2D eigenvalue weighted by Gasteiger charge is -1.47. The van der Waals surface area contributed by atoms with Crippen LogP contribution in [0.5, 0.6) is 0 Å². The summed E-state index contributed by atoms with van der Waals surface area (Å²) in [6.07, 6.45) is 3.90. The minimum Gasteiger partial charge on any atom is -0.364 e. The normalized spacial score (nSPS) is 8.00. The molecule has 0 saturated heterocycles. The summed E-state index contributed by atoms with van der Waals surface area (Å²) >= 11 is 1.59. The van der Waals surface area contributed by atoms with Crippen molar-refractivity contribution >= 4 is 11.3 Å². The standard InChI is InChI=1S/C4H3S.C3H2NO/c2*1-2-4-5-3-1/h1-3H;1,3H. The third kappa shape index (κ3) is 3.04. The van der Waals surface area contributed by atoms with Crippen LogP contribution in [-0.4, -0.2) is 5.16 Å². The smallest absolute Gasteiger partial charge is 0.135 e. The quantitative estimate of drug-likeness (QED) is 0.575. The van der Waals surface area contributed by atoms with Crippen molar-refractivity contribution in [3.8, 4) is 0 Å². The molecule has 0 bridgehead atoms. The zero-order chi connectivity index (χ0) is 7.07. The number of hydrogen-bond donors (Lipinski definition) is 0. The van der Waals surface area contributed by atoms with Crippen molar-refractivity contribution in [1.82, 2.24) is 5.16 Å². The van der Waals surface area contributed by atoms with E-state index in [9.17, 15) is 0 Å². The Hall–Kier alpha value is -1.09. The molecule has 0 aromatic carbocycles. The average Bonchev–Trinajstić information content (AvgIpc) is 2.67. The Morgan fingerprint density at radius 1 is 1.40 bits per heavy atom. The van der Waals surface area contributed by atoms with Gasteiger partial charge in [-0.05, 0) is 11.4 Å². The van der Waals surface area contributed by atoms with Crippen molar-refractivity contribution in [1.29, 1.82) is 0 Å². The molecule has 0 aliphatic heterocycles. The van der Waals surface area contributed by atoms with E-state index in [1.165, 1.54) is 6.26 Å². The molecule has 2 nitrogen and oxygen atoms in total. The Labute approximate surface area is 63.1 Å². The van der Waals surface area contributed by atoms with Crippen LogP contribution in [0.3, 0.4) is 0 Å². The molecule has 0 aliphatic rings. The summed E-state index contributed by atoms with van der Waals surface area (Å²) in [6.45, 7) is 0. The minimum absolute atomic E-state index is 1.46. The predicted molar refractivity (Wildman–Crippen MR) is 38.5 cm³/mol. The van der Waals surface area contributed by atoms with Crippen molar-refractivity contribution in [3.05, 3.63) is 41.4 Å². The molecule has 0 spiro atoms. The molecule has 3 heteroatoms. The van der Waals surface area contributed by atoms with Gasteiger partial charge in [-0.2, -0.15) is 0 Å². The minimum atomic E-state index is 1.46. The second kappa shape index (κ2) is 4.76. The maximum atomic E-state index is 4.28. The Bertz CT molecular complexity index is 153. The van der Waals surface area contributed by atoms with Gasteiger partial charge < -0.3 is 4.52 Å². The first-order valence-corrected chi connectivity index (χ1v) is 3.54. The van der Waals surface area contributed by atoms with Crippen LogP contribution in [0.1, 0.15) is 0 Å². The van der Waals surface area contributed by atoms with E-state index in [1.54, 1.807) is 17.4 Å². The summed E-state index contributed by atoms with van der Waals surface area (Å²) in [4.78, 5) is 0. The molecule has 2 aromatic rings. The Morgan fingerprint density at radius 3 is 2.60 bits per heavy atom. The largest absolute Gasteiger partial charge is 0.364 e. The zero-order valence-corrected chi connectivity index (χ0v) is 5.97.